The number of fused-ring (bicyclic) bond motifs is 2. The van der Waals surface area contributed by atoms with Crippen molar-refractivity contribution in [2.24, 2.45) is 17.4 Å². The number of H-pyrrole nitrogens is 1. The van der Waals surface area contributed by atoms with E-state index in [9.17, 15) is 57.8 Å². The number of carbonyl (C=O) groups is 11. The Bertz CT molecular complexity index is 2600. The highest BCUT2D eigenvalue weighted by Gasteiger charge is 2.45. The number of benzene rings is 2. The molecule has 1 aromatic heterocycles. The molecule has 0 bridgehead atoms. The first-order valence-electron chi connectivity index (χ1n) is 25.2. The quantitative estimate of drug-likeness (QED) is 0.0845. The first-order valence-corrected chi connectivity index (χ1v) is 25.2. The summed E-state index contributed by atoms with van der Waals surface area (Å²) in [5, 5.41) is 28.8. The molecule has 6 rings (SSSR count). The molecule has 3 aromatic rings. The molecule has 408 valence electrons. The van der Waals surface area contributed by atoms with Crippen molar-refractivity contribution in [2.75, 3.05) is 13.1 Å². The summed E-state index contributed by atoms with van der Waals surface area (Å²) >= 11 is 0. The van der Waals surface area contributed by atoms with E-state index in [-0.39, 0.29) is 45.2 Å². The Hall–Kier alpha value is -8.22. The number of nitrogens with zero attached hydrogens (tertiary/aromatic N) is 3. The van der Waals surface area contributed by atoms with Crippen LogP contribution in [0.5, 0.6) is 0 Å². The number of hydrogen-bond donors (Lipinski definition) is 11. The lowest BCUT2D eigenvalue weighted by Gasteiger charge is -2.34. The molecular formula is C51H67N13O12. The lowest BCUT2D eigenvalue weighted by Crippen LogP contribution is -2.62. The highest BCUT2D eigenvalue weighted by molar-refractivity contribution is 6.01. The Morgan fingerprint density at radius 1 is 0.553 bits per heavy atom. The molecular weight excluding hydrogens is 987 g/mol. The van der Waals surface area contributed by atoms with Crippen LogP contribution in [0.15, 0.2) is 73.2 Å². The Morgan fingerprint density at radius 3 is 1.51 bits per heavy atom. The second-order valence-corrected chi connectivity index (χ2v) is 19.6. The predicted octanol–water partition coefficient (Wildman–Crippen LogP) is -3.39. The van der Waals surface area contributed by atoms with E-state index in [0.717, 1.165) is 0 Å². The summed E-state index contributed by atoms with van der Waals surface area (Å²) in [6, 6.07) is 3.64. The van der Waals surface area contributed by atoms with Crippen molar-refractivity contribution in [1.29, 1.82) is 0 Å². The average Bonchev–Trinajstić information content (AvgIpc) is 4.20. The monoisotopic (exact) mass is 1050 g/mol. The fraction of sp³-hybridized carbons (Fsp3) is 0.490. The number of carbonyl (C=O) groups excluding carboxylic acids is 11. The van der Waals surface area contributed by atoms with Crippen LogP contribution in [0.1, 0.15) is 76.1 Å². The van der Waals surface area contributed by atoms with E-state index in [4.69, 9.17) is 11.5 Å². The molecule has 25 nitrogen and oxygen atoms in total. The molecule has 3 saturated heterocycles. The van der Waals surface area contributed by atoms with Crippen LogP contribution in [-0.2, 0) is 72.0 Å². The average molecular weight is 1050 g/mol. The second kappa shape index (κ2) is 26.3. The van der Waals surface area contributed by atoms with Crippen LogP contribution in [0.4, 0.5) is 0 Å². The summed E-state index contributed by atoms with van der Waals surface area (Å²) in [4.78, 5) is 164. The van der Waals surface area contributed by atoms with Gasteiger partial charge in [-0.2, -0.15) is 0 Å². The van der Waals surface area contributed by atoms with Gasteiger partial charge in [0.25, 0.3) is 0 Å². The first-order chi connectivity index (χ1) is 36.2. The van der Waals surface area contributed by atoms with E-state index in [1.165, 1.54) is 29.2 Å². The van der Waals surface area contributed by atoms with Gasteiger partial charge in [0.2, 0.25) is 65.0 Å². The van der Waals surface area contributed by atoms with Crippen LogP contribution >= 0.6 is 0 Å². The summed E-state index contributed by atoms with van der Waals surface area (Å²) in [5.41, 5.74) is 12.6. The number of amides is 11. The normalized spacial score (nSPS) is 26.4. The minimum atomic E-state index is -1.77. The maximum atomic E-state index is 14.8. The molecule has 3 aliphatic rings. The molecule has 11 amide bonds. The zero-order valence-corrected chi connectivity index (χ0v) is 42.5. The molecule has 10 unspecified atom stereocenters. The van der Waals surface area contributed by atoms with Crippen molar-refractivity contribution in [2.45, 2.75) is 139 Å². The number of primary amides is 2. The van der Waals surface area contributed by atoms with Gasteiger partial charge in [-0.15, -0.1) is 0 Å². The molecule has 3 fully saturated rings. The third-order valence-corrected chi connectivity index (χ3v) is 13.5. The summed E-state index contributed by atoms with van der Waals surface area (Å²) in [6.45, 7) is 4.56. The van der Waals surface area contributed by atoms with Crippen LogP contribution in [0.2, 0.25) is 0 Å². The number of nitrogens with two attached hydrogens (primary N) is 2. The van der Waals surface area contributed by atoms with E-state index in [2.05, 4.69) is 47.2 Å². The number of aromatic amines is 1. The van der Waals surface area contributed by atoms with Crippen LogP contribution < -0.4 is 48.7 Å². The summed E-state index contributed by atoms with van der Waals surface area (Å²) in [5.74, 6) is -10.9. The minimum Gasteiger partial charge on any atom is -0.391 e. The van der Waals surface area contributed by atoms with E-state index in [1.54, 1.807) is 74.5 Å². The van der Waals surface area contributed by atoms with Crippen molar-refractivity contribution in [3.8, 4) is 0 Å². The third-order valence-electron chi connectivity index (χ3n) is 13.5. The Balaban J connectivity index is 1.41. The third kappa shape index (κ3) is 15.2. The topological polar surface area (TPSA) is 379 Å². The summed E-state index contributed by atoms with van der Waals surface area (Å²) in [6.07, 6.45) is 0.0350. The van der Waals surface area contributed by atoms with Gasteiger partial charge >= 0.3 is 0 Å². The van der Waals surface area contributed by atoms with E-state index < -0.39 is 144 Å². The number of hydrogen-bond acceptors (Lipinski definition) is 13. The van der Waals surface area contributed by atoms with Gasteiger partial charge in [-0.25, -0.2) is 4.98 Å². The van der Waals surface area contributed by atoms with Crippen LogP contribution in [-0.4, -0.2) is 163 Å². The largest absolute Gasteiger partial charge is 0.391 e. The van der Waals surface area contributed by atoms with Gasteiger partial charge in [0.15, 0.2) is 0 Å². The summed E-state index contributed by atoms with van der Waals surface area (Å²) < 4.78 is 0. The molecule has 3 aliphatic heterocycles. The maximum Gasteiger partial charge on any atom is 0.246 e. The molecule has 25 heteroatoms. The van der Waals surface area contributed by atoms with Crippen LogP contribution in [0.3, 0.4) is 0 Å². The number of imidazole rings is 1. The lowest BCUT2D eigenvalue weighted by molar-refractivity contribution is -0.148. The number of aromatic nitrogens is 2. The molecule has 2 aromatic carbocycles. The zero-order chi connectivity index (χ0) is 55.2. The number of aliphatic hydroxyl groups excluding tert-OH is 1. The van der Waals surface area contributed by atoms with Crippen molar-refractivity contribution in [3.05, 3.63) is 90.0 Å². The van der Waals surface area contributed by atoms with Crippen molar-refractivity contribution >= 4 is 65.0 Å². The van der Waals surface area contributed by atoms with Crippen LogP contribution in [0, 0.1) is 5.92 Å². The Morgan fingerprint density at radius 2 is 0.987 bits per heavy atom. The van der Waals surface area contributed by atoms with E-state index in [0.29, 0.717) is 29.7 Å². The fourth-order valence-electron chi connectivity index (χ4n) is 9.52. The van der Waals surface area contributed by atoms with Gasteiger partial charge in [0.1, 0.15) is 54.4 Å². The maximum absolute atomic E-state index is 14.8. The number of aliphatic hydroxyl groups is 1. The Labute approximate surface area is 438 Å². The summed E-state index contributed by atoms with van der Waals surface area (Å²) in [7, 11) is 0. The number of rotatable bonds is 12. The van der Waals surface area contributed by atoms with E-state index >= 15 is 0 Å². The second-order valence-electron chi connectivity index (χ2n) is 19.6. The molecule has 76 heavy (non-hydrogen) atoms. The molecule has 10 atom stereocenters. The molecule has 0 saturated carbocycles. The SMILES string of the molecule is CC(C)C1NC(=O)C(Cc2cnc[nH]2)NC(=O)C(CC(N)=O)NC(=O)C(Cc2ccccc2)NC(=O)C(C(C)O)NC(=O)C2CCCN2C(=O)C2CCCN2C(=O)C(Cc2ccccc2)NC(=O)C(CC(N)=O)NC1=O. The predicted molar refractivity (Wildman–Crippen MR) is 270 cm³/mol. The van der Waals surface area contributed by atoms with Gasteiger partial charge in [-0.1, -0.05) is 74.5 Å². The molecule has 0 radical (unpaired) electrons. The highest BCUT2D eigenvalue weighted by atomic mass is 16.3. The van der Waals surface area contributed by atoms with Crippen molar-refractivity contribution < 1.29 is 57.8 Å². The smallest absolute Gasteiger partial charge is 0.246 e. The van der Waals surface area contributed by atoms with E-state index in [1.807, 2.05) is 0 Å². The molecule has 0 spiro atoms. The Kier molecular flexibility index (Phi) is 19.8. The highest BCUT2D eigenvalue weighted by Crippen LogP contribution is 2.27. The van der Waals surface area contributed by atoms with Gasteiger partial charge < -0.3 is 68.6 Å². The first kappa shape index (κ1) is 57.1. The number of nitrogens with one attached hydrogen (secondary N) is 8. The van der Waals surface area contributed by atoms with Gasteiger partial charge in [0.05, 0.1) is 25.3 Å². The molecule has 0 aliphatic carbocycles. The fourth-order valence-corrected chi connectivity index (χ4v) is 9.52. The van der Waals surface area contributed by atoms with Crippen molar-refractivity contribution in [3.63, 3.8) is 0 Å². The zero-order valence-electron chi connectivity index (χ0n) is 42.5. The standard InChI is InChI=1S/C51H67N13O12/c1-27(2)41-48(73)59-35(24-40(53)67)45(70)60-36(21-30-14-8-5-9-15-30)50(75)64-19-11-17-38(64)51(76)63-18-10-16-37(63)47(72)62-42(28(3)65)49(74)58-32(20-29-12-6-4-7-13-29)43(68)57-34(23-39(52)66)44(69)56-33(46(71)61-41)22-31-25-54-26-55-31/h4-9,12-15,25-28,32-38,41-42,65H,10-11,16-24H2,1-3H3,(H2,52,66)(H2,53,67)(H,54,55)(H,56,69)(H,57,68)(H,58,74)(H,59,73)(H,60,70)(H,61,71)(H,62,72). The van der Waals surface area contributed by atoms with Gasteiger partial charge in [0, 0.05) is 44.2 Å². The van der Waals surface area contributed by atoms with Gasteiger partial charge in [-0.3, -0.25) is 52.7 Å². The van der Waals surface area contributed by atoms with Crippen LogP contribution in [0.25, 0.3) is 0 Å². The minimum absolute atomic E-state index is 0.0887. The molecule has 13 N–H and O–H groups in total. The van der Waals surface area contributed by atoms with Gasteiger partial charge in [-0.05, 0) is 49.7 Å². The lowest BCUT2D eigenvalue weighted by atomic mass is 10.0. The molecule has 4 heterocycles. The van der Waals surface area contributed by atoms with Crippen molar-refractivity contribution in [1.82, 2.24) is 57.0 Å².